The van der Waals surface area contributed by atoms with E-state index in [1.807, 2.05) is 42.5 Å². The van der Waals surface area contributed by atoms with E-state index in [4.69, 9.17) is 0 Å². The molecule has 1 heterocycles. The highest BCUT2D eigenvalue weighted by Gasteiger charge is 2.28. The molecule has 94 valence electrons. The normalized spacial score (nSPS) is 17.1. The number of benzene rings is 2. The lowest BCUT2D eigenvalue weighted by molar-refractivity contribution is -0.121. The second-order valence-corrected chi connectivity index (χ2v) is 4.58. The summed E-state index contributed by atoms with van der Waals surface area (Å²) < 4.78 is 0. The number of amides is 1. The Morgan fingerprint density at radius 1 is 1.21 bits per heavy atom. The summed E-state index contributed by atoms with van der Waals surface area (Å²) in [5, 5.41) is 13.3. The number of rotatable bonds is 2. The van der Waals surface area contributed by atoms with Crippen LogP contribution in [0.2, 0.25) is 0 Å². The van der Waals surface area contributed by atoms with E-state index in [1.165, 1.54) is 0 Å². The molecule has 0 saturated carbocycles. The van der Waals surface area contributed by atoms with Gasteiger partial charge >= 0.3 is 0 Å². The molecule has 2 aromatic rings. The van der Waals surface area contributed by atoms with Gasteiger partial charge in [0.05, 0.1) is 6.07 Å². The lowest BCUT2D eigenvalue weighted by Crippen LogP contribution is -2.36. The molecule has 1 saturated heterocycles. The largest absolute Gasteiger partial charge is 0.287 e. The lowest BCUT2D eigenvalue weighted by Gasteiger charge is -2.22. The third-order valence-corrected chi connectivity index (χ3v) is 3.40. The van der Waals surface area contributed by atoms with Crippen LogP contribution in [0.15, 0.2) is 42.5 Å². The fraction of sp³-hybridized carbons (Fsp3) is 0.200. The van der Waals surface area contributed by atoms with Gasteiger partial charge in [-0.25, -0.2) is 0 Å². The van der Waals surface area contributed by atoms with Crippen molar-refractivity contribution in [1.82, 2.24) is 10.4 Å². The van der Waals surface area contributed by atoms with Crippen LogP contribution in [0.1, 0.15) is 18.0 Å². The van der Waals surface area contributed by atoms with Crippen LogP contribution in [0.5, 0.6) is 0 Å². The van der Waals surface area contributed by atoms with Gasteiger partial charge < -0.3 is 0 Å². The number of hydrogen-bond acceptors (Lipinski definition) is 3. The van der Waals surface area contributed by atoms with Gasteiger partial charge in [-0.2, -0.15) is 10.3 Å². The topological polar surface area (TPSA) is 56.1 Å². The lowest BCUT2D eigenvalue weighted by atomic mass is 9.99. The summed E-state index contributed by atoms with van der Waals surface area (Å²) in [4.78, 5) is 11.3. The molecular formula is C15H13N3O. The number of hydrazine groups is 1. The number of carbonyl (C=O) groups excluding carboxylic acids is 1. The van der Waals surface area contributed by atoms with E-state index in [0.29, 0.717) is 13.0 Å². The average Bonchev–Trinajstić information content (AvgIpc) is 2.86. The highest BCUT2D eigenvalue weighted by Crippen LogP contribution is 2.28. The maximum Gasteiger partial charge on any atom is 0.235 e. The number of nitrogens with zero attached hydrogens (tertiary/aromatic N) is 2. The first-order valence-electron chi connectivity index (χ1n) is 6.23. The minimum Gasteiger partial charge on any atom is -0.287 e. The van der Waals surface area contributed by atoms with Crippen LogP contribution in [0.4, 0.5) is 0 Å². The summed E-state index contributed by atoms with van der Waals surface area (Å²) in [5.74, 6) is -0.0273. The minimum atomic E-state index is -0.447. The molecule has 0 spiro atoms. The van der Waals surface area contributed by atoms with Crippen LogP contribution in [-0.4, -0.2) is 17.5 Å². The second-order valence-electron chi connectivity index (χ2n) is 4.58. The smallest absolute Gasteiger partial charge is 0.235 e. The number of nitrogens with one attached hydrogen (secondary N) is 1. The van der Waals surface area contributed by atoms with Crippen molar-refractivity contribution in [3.8, 4) is 6.07 Å². The molecule has 1 aliphatic rings. The van der Waals surface area contributed by atoms with Crippen LogP contribution in [-0.2, 0) is 4.79 Å². The summed E-state index contributed by atoms with van der Waals surface area (Å²) in [5.41, 5.74) is 3.67. The quantitative estimate of drug-likeness (QED) is 0.889. The third-order valence-electron chi connectivity index (χ3n) is 3.40. The monoisotopic (exact) mass is 251 g/mol. The van der Waals surface area contributed by atoms with Gasteiger partial charge in [0, 0.05) is 13.0 Å². The molecule has 4 heteroatoms. The predicted molar refractivity (Wildman–Crippen MR) is 71.8 cm³/mol. The molecule has 0 aromatic heterocycles. The zero-order valence-electron chi connectivity index (χ0n) is 10.3. The van der Waals surface area contributed by atoms with Crippen molar-refractivity contribution in [2.24, 2.45) is 0 Å². The first-order chi connectivity index (χ1) is 9.29. The van der Waals surface area contributed by atoms with Crippen molar-refractivity contribution >= 4 is 16.7 Å². The van der Waals surface area contributed by atoms with E-state index in [0.717, 1.165) is 16.3 Å². The Labute approximate surface area is 111 Å². The third kappa shape index (κ3) is 2.05. The first-order valence-corrected chi connectivity index (χ1v) is 6.23. The maximum atomic E-state index is 11.3. The maximum absolute atomic E-state index is 11.3. The highest BCUT2D eigenvalue weighted by atomic mass is 16.2. The standard InChI is InChI=1S/C15H13N3O/c16-10-14(18-9-8-15(19)17-18)13-7-3-5-11-4-1-2-6-12(11)13/h1-7,14H,8-9H2,(H,17,19). The zero-order valence-corrected chi connectivity index (χ0v) is 10.3. The highest BCUT2D eigenvalue weighted by molar-refractivity contribution is 5.86. The molecule has 4 nitrogen and oxygen atoms in total. The van der Waals surface area contributed by atoms with Crippen LogP contribution in [0, 0.1) is 11.3 Å². The molecule has 2 aromatic carbocycles. The second kappa shape index (κ2) is 4.71. The Kier molecular flexibility index (Phi) is 2.90. The molecule has 1 N–H and O–H groups in total. The number of fused-ring (bicyclic) bond motifs is 1. The van der Waals surface area contributed by atoms with Gasteiger partial charge in [0.1, 0.15) is 6.04 Å². The molecule has 3 rings (SSSR count). The van der Waals surface area contributed by atoms with E-state index in [9.17, 15) is 10.1 Å². The van der Waals surface area contributed by atoms with Crippen molar-refractivity contribution in [2.45, 2.75) is 12.5 Å². The Morgan fingerprint density at radius 3 is 2.74 bits per heavy atom. The summed E-state index contributed by atoms with van der Waals surface area (Å²) >= 11 is 0. The number of hydrogen-bond donors (Lipinski definition) is 1. The molecule has 0 bridgehead atoms. The van der Waals surface area contributed by atoms with Crippen LogP contribution in [0.25, 0.3) is 10.8 Å². The van der Waals surface area contributed by atoms with Crippen LogP contribution in [0.3, 0.4) is 0 Å². The van der Waals surface area contributed by atoms with E-state index >= 15 is 0 Å². The zero-order chi connectivity index (χ0) is 13.2. The van der Waals surface area contributed by atoms with Gasteiger partial charge in [0.25, 0.3) is 0 Å². The molecular weight excluding hydrogens is 238 g/mol. The molecule has 0 radical (unpaired) electrons. The molecule has 1 atom stereocenters. The van der Waals surface area contributed by atoms with Gasteiger partial charge in [-0.15, -0.1) is 0 Å². The van der Waals surface area contributed by atoms with Gasteiger partial charge in [-0.3, -0.25) is 10.2 Å². The Bertz CT molecular complexity index is 669. The van der Waals surface area contributed by atoms with Gasteiger partial charge in [0.15, 0.2) is 0 Å². The molecule has 1 unspecified atom stereocenters. The fourth-order valence-corrected chi connectivity index (χ4v) is 2.48. The van der Waals surface area contributed by atoms with E-state index in [-0.39, 0.29) is 5.91 Å². The van der Waals surface area contributed by atoms with Crippen molar-refractivity contribution in [2.75, 3.05) is 6.54 Å². The summed E-state index contributed by atoms with van der Waals surface area (Å²) in [7, 11) is 0. The fourth-order valence-electron chi connectivity index (χ4n) is 2.48. The molecule has 0 aliphatic carbocycles. The summed E-state index contributed by atoms with van der Waals surface area (Å²) in [6.45, 7) is 0.570. The van der Waals surface area contributed by atoms with Crippen LogP contribution >= 0.6 is 0 Å². The van der Waals surface area contributed by atoms with Crippen molar-refractivity contribution < 1.29 is 4.79 Å². The molecule has 19 heavy (non-hydrogen) atoms. The summed E-state index contributed by atoms with van der Waals surface area (Å²) in [6, 6.07) is 15.7. The average molecular weight is 251 g/mol. The summed E-state index contributed by atoms with van der Waals surface area (Å²) in [6.07, 6.45) is 0.447. The SMILES string of the molecule is N#CC(c1cccc2ccccc12)N1CCC(=O)N1. The molecule has 1 amide bonds. The first kappa shape index (κ1) is 11.7. The molecule has 1 aliphatic heterocycles. The predicted octanol–water partition coefficient (Wildman–Crippen LogP) is 2.14. The number of nitriles is 1. The van der Waals surface area contributed by atoms with Crippen LogP contribution < -0.4 is 5.43 Å². The Morgan fingerprint density at radius 2 is 2.00 bits per heavy atom. The van der Waals surface area contributed by atoms with Gasteiger partial charge in [-0.05, 0) is 16.3 Å². The number of carbonyl (C=O) groups is 1. The van der Waals surface area contributed by atoms with E-state index in [1.54, 1.807) is 5.01 Å². The van der Waals surface area contributed by atoms with Gasteiger partial charge in [-0.1, -0.05) is 42.5 Å². The minimum absolute atomic E-state index is 0.0273. The Balaban J connectivity index is 2.07. The van der Waals surface area contributed by atoms with E-state index < -0.39 is 6.04 Å². The van der Waals surface area contributed by atoms with Crippen molar-refractivity contribution in [3.05, 3.63) is 48.0 Å². The van der Waals surface area contributed by atoms with E-state index in [2.05, 4.69) is 11.5 Å². The van der Waals surface area contributed by atoms with Gasteiger partial charge in [0.2, 0.25) is 5.91 Å². The Hall–Kier alpha value is -2.38. The van der Waals surface area contributed by atoms with Crippen molar-refractivity contribution in [1.29, 1.82) is 5.26 Å². The van der Waals surface area contributed by atoms with Crippen molar-refractivity contribution in [3.63, 3.8) is 0 Å². The molecule has 1 fully saturated rings.